The van der Waals surface area contributed by atoms with E-state index in [2.05, 4.69) is 32.6 Å². The molecule has 1 saturated heterocycles. The number of rotatable bonds is 1. The predicted molar refractivity (Wildman–Crippen MR) is 124 cm³/mol. The first kappa shape index (κ1) is 23.2. The lowest BCUT2D eigenvalue weighted by Gasteiger charge is -2.28. The molecule has 1 amide bonds. The fourth-order valence-corrected chi connectivity index (χ4v) is 4.49. The van der Waals surface area contributed by atoms with E-state index in [4.69, 9.17) is 16.3 Å². The maximum atomic E-state index is 12.2. The van der Waals surface area contributed by atoms with Gasteiger partial charge < -0.3 is 14.7 Å². The fourth-order valence-electron chi connectivity index (χ4n) is 4.06. The van der Waals surface area contributed by atoms with Crippen molar-refractivity contribution in [2.75, 3.05) is 13.1 Å². The van der Waals surface area contributed by atoms with Crippen LogP contribution in [-0.4, -0.2) is 44.8 Å². The smallest absolute Gasteiger partial charge is 0.410 e. The lowest BCUT2D eigenvalue weighted by atomic mass is 9.92. The summed E-state index contributed by atoms with van der Waals surface area (Å²) in [6.07, 6.45) is 6.31. The largest absolute Gasteiger partial charge is 0.444 e. The molecule has 2 aromatic rings. The number of ether oxygens (including phenoxy) is 1. The summed E-state index contributed by atoms with van der Waals surface area (Å²) in [7, 11) is 0. The fraction of sp³-hybridized carbons (Fsp3) is 0.500. The molecule has 1 aliphatic heterocycles. The number of likely N-dealkylation sites (tertiary alicyclic amines) is 1. The third-order valence-corrected chi connectivity index (χ3v) is 6.18. The van der Waals surface area contributed by atoms with E-state index in [0.29, 0.717) is 42.9 Å². The van der Waals surface area contributed by atoms with Crippen LogP contribution in [0.2, 0.25) is 5.15 Å². The molecule has 6 nitrogen and oxygen atoms in total. The van der Waals surface area contributed by atoms with Crippen LogP contribution in [0.4, 0.5) is 4.79 Å². The minimum Gasteiger partial charge on any atom is -0.444 e. The summed E-state index contributed by atoms with van der Waals surface area (Å²) in [6.45, 7) is 6.97. The zero-order valence-electron chi connectivity index (χ0n) is 17.4. The van der Waals surface area contributed by atoms with E-state index in [9.17, 15) is 9.90 Å². The number of fused-ring (bicyclic) bond motifs is 1. The monoisotopic (exact) mass is 543 g/mol. The van der Waals surface area contributed by atoms with Crippen molar-refractivity contribution >= 4 is 40.3 Å². The first-order valence-electron chi connectivity index (χ1n) is 9.94. The molecule has 2 atom stereocenters. The van der Waals surface area contributed by atoms with E-state index in [1.165, 1.54) is 0 Å². The number of nitrogens with zero attached hydrogens (tertiary/aromatic N) is 3. The van der Waals surface area contributed by atoms with Crippen molar-refractivity contribution in [1.29, 1.82) is 0 Å². The Morgan fingerprint density at radius 1 is 1.23 bits per heavy atom. The summed E-state index contributed by atoms with van der Waals surface area (Å²) in [4.78, 5) is 21.9. The molecule has 2 fully saturated rings. The van der Waals surface area contributed by atoms with Crippen LogP contribution in [0, 0.1) is 15.4 Å². The third-order valence-electron chi connectivity index (χ3n) is 5.32. The number of hydrogen-bond acceptors (Lipinski definition) is 5. The van der Waals surface area contributed by atoms with E-state index in [0.717, 1.165) is 9.13 Å². The Balaban J connectivity index is 0.000000269. The predicted octanol–water partition coefficient (Wildman–Crippen LogP) is 4.89. The Kier molecular flexibility index (Phi) is 7.24. The molecular weight excluding hydrogens is 517 g/mol. The van der Waals surface area contributed by atoms with Crippen LogP contribution < -0.4 is 0 Å². The third kappa shape index (κ3) is 6.04. The number of aliphatic hydroxyl groups is 1. The molecule has 0 radical (unpaired) electrons. The van der Waals surface area contributed by atoms with Crippen molar-refractivity contribution in [2.24, 2.45) is 11.8 Å². The van der Waals surface area contributed by atoms with E-state index in [1.54, 1.807) is 29.6 Å². The summed E-state index contributed by atoms with van der Waals surface area (Å²) in [5, 5.41) is 11.5. The molecule has 4 rings (SSSR count). The Bertz CT molecular complexity index is 823. The molecule has 8 heteroatoms. The molecule has 2 unspecified atom stereocenters. The molecule has 3 heterocycles. The Hall–Kier alpha value is -1.45. The van der Waals surface area contributed by atoms with Gasteiger partial charge in [0.05, 0.1) is 5.60 Å². The van der Waals surface area contributed by atoms with Crippen LogP contribution in [0.1, 0.15) is 39.2 Å². The first-order valence-corrected chi connectivity index (χ1v) is 11.4. The van der Waals surface area contributed by atoms with Gasteiger partial charge >= 0.3 is 6.09 Å². The van der Waals surface area contributed by atoms with E-state index >= 15 is 0 Å². The van der Waals surface area contributed by atoms with Crippen LogP contribution in [0.3, 0.4) is 0 Å². The second-order valence-electron chi connectivity index (χ2n) is 8.89. The van der Waals surface area contributed by atoms with Crippen LogP contribution in [0.5, 0.6) is 0 Å². The van der Waals surface area contributed by atoms with Crippen molar-refractivity contribution in [3.63, 3.8) is 0 Å². The summed E-state index contributed by atoms with van der Waals surface area (Å²) in [5.41, 5.74) is -0.386. The van der Waals surface area contributed by atoms with E-state index < -0.39 is 11.2 Å². The van der Waals surface area contributed by atoms with Gasteiger partial charge in [-0.05, 0) is 86.2 Å². The molecule has 1 saturated carbocycles. The normalized spacial score (nSPS) is 25.3. The van der Waals surface area contributed by atoms with Gasteiger partial charge in [-0.1, -0.05) is 17.7 Å². The molecule has 1 N–H and O–H groups in total. The molecule has 0 bridgehead atoms. The number of amides is 1. The zero-order valence-corrected chi connectivity index (χ0v) is 20.3. The number of hydrogen-bond donors (Lipinski definition) is 1. The van der Waals surface area contributed by atoms with Gasteiger partial charge in [0.2, 0.25) is 0 Å². The minimum absolute atomic E-state index is 0.244. The molecule has 2 aromatic heterocycles. The minimum atomic E-state index is -0.802. The average Bonchev–Trinajstić information content (AvgIpc) is 3.20. The van der Waals surface area contributed by atoms with Gasteiger partial charge in [0.25, 0.3) is 0 Å². The number of aromatic nitrogens is 2. The van der Waals surface area contributed by atoms with Gasteiger partial charge in [0.1, 0.15) is 10.8 Å². The highest BCUT2D eigenvalue weighted by Crippen LogP contribution is 2.48. The number of carbonyl (C=O) groups is 1. The van der Waals surface area contributed by atoms with Crippen LogP contribution in [0.25, 0.3) is 0 Å². The van der Waals surface area contributed by atoms with Gasteiger partial charge in [0, 0.05) is 40.8 Å². The quantitative estimate of drug-likeness (QED) is 0.410. The lowest BCUT2D eigenvalue weighted by Crippen LogP contribution is -2.37. The van der Waals surface area contributed by atoms with Crippen molar-refractivity contribution in [1.82, 2.24) is 14.9 Å². The van der Waals surface area contributed by atoms with E-state index in [1.807, 2.05) is 39.0 Å². The zero-order chi connectivity index (χ0) is 21.9. The van der Waals surface area contributed by atoms with Gasteiger partial charge in [0.15, 0.2) is 0 Å². The standard InChI is InChI=1S/C17H24N2O3.C5H3ClIN/c1-16(2,3)22-15(20)19-10-12-7-17(21,8-13(12)11-19)14-5-4-6-18-9-14;6-5-2-1-4(7)3-8-5/h4-6,9,12-13,21H,7-8,10-11H2,1-3H3;1-3H. The SMILES string of the molecule is CC(C)(C)OC(=O)N1CC2CC(O)(c3cccnc3)CC2C1.Clc1ccc(I)cn1. The topological polar surface area (TPSA) is 75.5 Å². The van der Waals surface area contributed by atoms with Crippen molar-refractivity contribution in [2.45, 2.75) is 44.8 Å². The highest BCUT2D eigenvalue weighted by molar-refractivity contribution is 14.1. The summed E-state index contributed by atoms with van der Waals surface area (Å²) in [6, 6.07) is 7.47. The van der Waals surface area contributed by atoms with Gasteiger partial charge in [-0.15, -0.1) is 0 Å². The maximum absolute atomic E-state index is 12.2. The van der Waals surface area contributed by atoms with Crippen LogP contribution >= 0.6 is 34.2 Å². The average molecular weight is 544 g/mol. The summed E-state index contributed by atoms with van der Waals surface area (Å²) in [5.74, 6) is 0.662. The van der Waals surface area contributed by atoms with Crippen LogP contribution in [0.15, 0.2) is 42.9 Å². The van der Waals surface area contributed by atoms with Crippen molar-refractivity contribution < 1.29 is 14.6 Å². The van der Waals surface area contributed by atoms with Crippen LogP contribution in [-0.2, 0) is 10.3 Å². The summed E-state index contributed by atoms with van der Waals surface area (Å²) >= 11 is 7.67. The molecule has 30 heavy (non-hydrogen) atoms. The molecule has 1 aliphatic carbocycles. The second-order valence-corrected chi connectivity index (χ2v) is 10.5. The van der Waals surface area contributed by atoms with Crippen molar-refractivity contribution in [3.8, 4) is 0 Å². The van der Waals surface area contributed by atoms with Crippen molar-refractivity contribution in [3.05, 3.63) is 57.1 Å². The Labute approximate surface area is 196 Å². The molecule has 162 valence electrons. The number of halogens is 2. The molecule has 0 aromatic carbocycles. The highest BCUT2D eigenvalue weighted by atomic mass is 127. The highest BCUT2D eigenvalue weighted by Gasteiger charge is 2.50. The van der Waals surface area contributed by atoms with Gasteiger partial charge in [-0.3, -0.25) is 4.98 Å². The Morgan fingerprint density at radius 3 is 2.37 bits per heavy atom. The molecule has 2 aliphatic rings. The Morgan fingerprint density at radius 2 is 1.90 bits per heavy atom. The molecular formula is C22H27ClIN3O3. The second kappa shape index (κ2) is 9.36. The molecule has 0 spiro atoms. The first-order chi connectivity index (χ1) is 14.1. The summed E-state index contributed by atoms with van der Waals surface area (Å²) < 4.78 is 6.54. The lowest BCUT2D eigenvalue weighted by molar-refractivity contribution is 0.0154. The van der Waals surface area contributed by atoms with E-state index in [-0.39, 0.29) is 6.09 Å². The van der Waals surface area contributed by atoms with Gasteiger partial charge in [-0.25, -0.2) is 9.78 Å². The maximum Gasteiger partial charge on any atom is 0.410 e. The number of pyridine rings is 2. The van der Waals surface area contributed by atoms with Gasteiger partial charge in [-0.2, -0.15) is 0 Å². The number of carbonyl (C=O) groups excluding carboxylic acids is 1.